The first-order valence-corrected chi connectivity index (χ1v) is 3.65. The average molecular weight is 205 g/mol. The molecule has 0 saturated heterocycles. The average Bonchev–Trinajstić information content (AvgIpc) is 2.01. The second kappa shape index (κ2) is 4.08. The number of aromatic nitrogens is 1. The van der Waals surface area contributed by atoms with Gasteiger partial charge in [-0.05, 0) is 11.6 Å². The zero-order chi connectivity index (χ0) is 10.7. The van der Waals surface area contributed by atoms with Gasteiger partial charge in [0, 0.05) is 0 Å². The van der Waals surface area contributed by atoms with Gasteiger partial charge in [-0.25, -0.2) is 13.2 Å². The van der Waals surface area contributed by atoms with E-state index in [2.05, 4.69) is 4.98 Å². The number of carboxylic acid groups (broad SMARTS) is 1. The maximum Gasteiger partial charge on any atom is 0.307 e. The molecule has 0 aromatic carbocycles. The maximum atomic E-state index is 12.6. The van der Waals surface area contributed by atoms with Crippen LogP contribution in [-0.2, 0) is 11.2 Å². The summed E-state index contributed by atoms with van der Waals surface area (Å²) in [7, 11) is 0. The minimum absolute atomic E-state index is 0.299. The molecule has 3 nitrogen and oxygen atoms in total. The van der Waals surface area contributed by atoms with Gasteiger partial charge in [0.25, 0.3) is 6.43 Å². The molecule has 0 atom stereocenters. The van der Waals surface area contributed by atoms with Crippen LogP contribution in [0.1, 0.15) is 17.7 Å². The van der Waals surface area contributed by atoms with Gasteiger partial charge in [-0.15, -0.1) is 0 Å². The number of carboxylic acids is 1. The lowest BCUT2D eigenvalue weighted by Crippen LogP contribution is -2.06. The maximum absolute atomic E-state index is 12.6. The van der Waals surface area contributed by atoms with E-state index in [4.69, 9.17) is 5.11 Å². The lowest BCUT2D eigenvalue weighted by molar-refractivity contribution is -0.136. The van der Waals surface area contributed by atoms with Gasteiger partial charge in [-0.3, -0.25) is 9.78 Å². The highest BCUT2D eigenvalue weighted by Gasteiger charge is 2.17. The van der Waals surface area contributed by atoms with Crippen LogP contribution in [0.2, 0.25) is 0 Å². The number of alkyl halides is 2. The second-order valence-corrected chi connectivity index (χ2v) is 2.57. The number of pyridine rings is 1. The third-order valence-corrected chi connectivity index (χ3v) is 1.52. The molecular weight excluding hydrogens is 199 g/mol. The largest absolute Gasteiger partial charge is 0.481 e. The normalized spacial score (nSPS) is 10.6. The minimum atomic E-state index is -2.90. The van der Waals surface area contributed by atoms with Gasteiger partial charge < -0.3 is 5.11 Å². The molecular formula is C8H6F3NO2. The Hall–Kier alpha value is -1.59. The van der Waals surface area contributed by atoms with E-state index in [0.29, 0.717) is 6.20 Å². The third-order valence-electron chi connectivity index (χ3n) is 1.52. The highest BCUT2D eigenvalue weighted by molar-refractivity contribution is 5.70. The van der Waals surface area contributed by atoms with E-state index in [1.807, 2.05) is 0 Å². The zero-order valence-electron chi connectivity index (χ0n) is 6.88. The highest BCUT2D eigenvalue weighted by atomic mass is 19.3. The van der Waals surface area contributed by atoms with E-state index in [1.54, 1.807) is 0 Å². The molecule has 0 aliphatic carbocycles. The van der Waals surface area contributed by atoms with E-state index in [1.165, 1.54) is 0 Å². The summed E-state index contributed by atoms with van der Waals surface area (Å²) in [6.45, 7) is 0. The molecule has 0 bridgehead atoms. The third kappa shape index (κ3) is 2.45. The summed E-state index contributed by atoms with van der Waals surface area (Å²) in [5.41, 5.74) is -0.985. The number of carbonyl (C=O) groups is 1. The van der Waals surface area contributed by atoms with Gasteiger partial charge in [0.15, 0.2) is 0 Å². The zero-order valence-corrected chi connectivity index (χ0v) is 6.88. The quantitative estimate of drug-likeness (QED) is 0.818. The first-order valence-electron chi connectivity index (χ1n) is 3.65. The van der Waals surface area contributed by atoms with E-state index in [0.717, 1.165) is 6.07 Å². The predicted molar refractivity (Wildman–Crippen MR) is 40.5 cm³/mol. The van der Waals surface area contributed by atoms with Crippen molar-refractivity contribution in [1.82, 2.24) is 4.98 Å². The Balaban J connectivity index is 3.09. The molecule has 14 heavy (non-hydrogen) atoms. The number of rotatable bonds is 3. The topological polar surface area (TPSA) is 50.2 Å². The molecule has 0 amide bonds. The van der Waals surface area contributed by atoms with Crippen molar-refractivity contribution in [3.63, 3.8) is 0 Å². The monoisotopic (exact) mass is 205 g/mol. The molecule has 76 valence electrons. The van der Waals surface area contributed by atoms with Crippen LogP contribution >= 0.6 is 0 Å². The van der Waals surface area contributed by atoms with Crippen molar-refractivity contribution in [1.29, 1.82) is 0 Å². The molecule has 0 unspecified atom stereocenters. The first kappa shape index (κ1) is 10.5. The Labute approximate surface area is 77.2 Å². The fraction of sp³-hybridized carbons (Fsp3) is 0.250. The van der Waals surface area contributed by atoms with Gasteiger partial charge in [-0.2, -0.15) is 0 Å². The second-order valence-electron chi connectivity index (χ2n) is 2.57. The predicted octanol–water partition coefficient (Wildman–Crippen LogP) is 1.79. The van der Waals surface area contributed by atoms with Crippen LogP contribution in [0.4, 0.5) is 13.2 Å². The fourth-order valence-electron chi connectivity index (χ4n) is 0.993. The first-order chi connectivity index (χ1) is 6.50. The lowest BCUT2D eigenvalue weighted by atomic mass is 10.1. The summed E-state index contributed by atoms with van der Waals surface area (Å²) in [4.78, 5) is 13.4. The Morgan fingerprint density at radius 1 is 1.57 bits per heavy atom. The van der Waals surface area contributed by atoms with Crippen LogP contribution in [-0.4, -0.2) is 16.1 Å². The van der Waals surface area contributed by atoms with E-state index in [9.17, 15) is 18.0 Å². The van der Waals surface area contributed by atoms with Crippen molar-refractivity contribution in [2.75, 3.05) is 0 Å². The summed E-state index contributed by atoms with van der Waals surface area (Å²) in [6.07, 6.45) is -2.93. The van der Waals surface area contributed by atoms with Crippen molar-refractivity contribution in [3.05, 3.63) is 29.3 Å². The number of halogens is 3. The van der Waals surface area contributed by atoms with Crippen molar-refractivity contribution in [3.8, 4) is 0 Å². The van der Waals surface area contributed by atoms with Gasteiger partial charge in [-0.1, -0.05) is 0 Å². The molecule has 1 rings (SSSR count). The molecule has 1 aromatic heterocycles. The number of hydrogen-bond donors (Lipinski definition) is 1. The van der Waals surface area contributed by atoms with E-state index >= 15 is 0 Å². The molecule has 1 N–H and O–H groups in total. The smallest absolute Gasteiger partial charge is 0.307 e. The number of nitrogens with zero attached hydrogens (tertiary/aromatic N) is 1. The molecule has 1 heterocycles. The van der Waals surface area contributed by atoms with Crippen LogP contribution < -0.4 is 0 Å². The van der Waals surface area contributed by atoms with Gasteiger partial charge in [0.2, 0.25) is 0 Å². The van der Waals surface area contributed by atoms with Crippen LogP contribution in [0.25, 0.3) is 0 Å². The molecule has 1 aromatic rings. The molecule has 6 heteroatoms. The van der Waals surface area contributed by atoms with Gasteiger partial charge in [0.1, 0.15) is 11.5 Å². The van der Waals surface area contributed by atoms with E-state index < -0.39 is 30.3 Å². The SMILES string of the molecule is O=C(O)Cc1cc(F)cnc1C(F)F. The Bertz CT molecular complexity index is 354. The Morgan fingerprint density at radius 3 is 2.71 bits per heavy atom. The highest BCUT2D eigenvalue weighted by Crippen LogP contribution is 2.21. The summed E-state index contributed by atoms with van der Waals surface area (Å²) < 4.78 is 37.0. The summed E-state index contributed by atoms with van der Waals surface area (Å²) >= 11 is 0. The number of hydrogen-bond acceptors (Lipinski definition) is 2. The lowest BCUT2D eigenvalue weighted by Gasteiger charge is -2.04. The Kier molecular flexibility index (Phi) is 3.06. The number of aliphatic carboxylic acids is 1. The molecule has 0 radical (unpaired) electrons. The van der Waals surface area contributed by atoms with Crippen LogP contribution in [0.3, 0.4) is 0 Å². The van der Waals surface area contributed by atoms with Gasteiger partial charge in [0.05, 0.1) is 12.6 Å². The molecule has 0 spiro atoms. The van der Waals surface area contributed by atoms with Crippen molar-refractivity contribution in [2.45, 2.75) is 12.8 Å². The van der Waals surface area contributed by atoms with Crippen molar-refractivity contribution < 1.29 is 23.1 Å². The van der Waals surface area contributed by atoms with E-state index in [-0.39, 0.29) is 5.56 Å². The Morgan fingerprint density at radius 2 is 2.21 bits per heavy atom. The fourth-order valence-corrected chi connectivity index (χ4v) is 0.993. The molecule has 0 aliphatic rings. The summed E-state index contributed by atoms with van der Waals surface area (Å²) in [5.74, 6) is -2.13. The standard InChI is InChI=1S/C8H6F3NO2/c9-5-1-4(2-6(13)14)7(8(10)11)12-3-5/h1,3,8H,2H2,(H,13,14). The van der Waals surface area contributed by atoms with Crippen LogP contribution in [0.15, 0.2) is 12.3 Å². The van der Waals surface area contributed by atoms with Crippen LogP contribution in [0, 0.1) is 5.82 Å². The van der Waals surface area contributed by atoms with Crippen molar-refractivity contribution >= 4 is 5.97 Å². The summed E-state index contributed by atoms with van der Waals surface area (Å²) in [5, 5.41) is 8.37. The molecule has 0 fully saturated rings. The summed E-state index contributed by atoms with van der Waals surface area (Å²) in [6, 6.07) is 0.753. The van der Waals surface area contributed by atoms with Crippen molar-refractivity contribution in [2.24, 2.45) is 0 Å². The molecule has 0 saturated carbocycles. The molecule has 0 aliphatic heterocycles. The van der Waals surface area contributed by atoms with Crippen LogP contribution in [0.5, 0.6) is 0 Å². The minimum Gasteiger partial charge on any atom is -0.481 e. The van der Waals surface area contributed by atoms with Gasteiger partial charge >= 0.3 is 5.97 Å².